The van der Waals surface area contributed by atoms with Crippen molar-refractivity contribution in [2.45, 2.75) is 44.2 Å². The average molecular weight is 314 g/mol. The molecule has 1 aromatic rings. The first-order valence-electron chi connectivity index (χ1n) is 8.42. The van der Waals surface area contributed by atoms with E-state index in [1.165, 1.54) is 0 Å². The third-order valence-electron chi connectivity index (χ3n) is 5.56. The van der Waals surface area contributed by atoms with Crippen molar-refractivity contribution in [3.05, 3.63) is 24.4 Å². The maximum absolute atomic E-state index is 12.8. The van der Waals surface area contributed by atoms with Gasteiger partial charge in [0, 0.05) is 31.9 Å². The van der Waals surface area contributed by atoms with Crippen molar-refractivity contribution in [2.24, 2.45) is 0 Å². The Hall–Kier alpha value is -2.11. The Morgan fingerprint density at radius 2 is 1.96 bits per heavy atom. The molecule has 4 rings (SSSR count). The van der Waals surface area contributed by atoms with E-state index >= 15 is 0 Å². The molecule has 1 atom stereocenters. The molecule has 0 N–H and O–H groups in total. The summed E-state index contributed by atoms with van der Waals surface area (Å²) in [5, 5.41) is 0. The summed E-state index contributed by atoms with van der Waals surface area (Å²) in [6, 6.07) is 5.84. The number of imide groups is 1. The smallest absolute Gasteiger partial charge is 0.327 e. The van der Waals surface area contributed by atoms with E-state index in [9.17, 15) is 9.59 Å². The minimum atomic E-state index is -0.588. The second kappa shape index (κ2) is 5.22. The molecule has 23 heavy (non-hydrogen) atoms. The van der Waals surface area contributed by atoms with Gasteiger partial charge in [-0.05, 0) is 44.7 Å². The molecule has 4 heterocycles. The van der Waals surface area contributed by atoms with Crippen LogP contribution in [-0.4, -0.2) is 57.9 Å². The van der Waals surface area contributed by atoms with Crippen LogP contribution in [0, 0.1) is 0 Å². The second-order valence-corrected chi connectivity index (χ2v) is 6.89. The Labute approximate surface area is 136 Å². The maximum Gasteiger partial charge on any atom is 0.327 e. The van der Waals surface area contributed by atoms with Crippen molar-refractivity contribution in [1.82, 2.24) is 14.8 Å². The van der Waals surface area contributed by atoms with E-state index in [2.05, 4.69) is 9.88 Å². The van der Waals surface area contributed by atoms with Gasteiger partial charge < -0.3 is 9.80 Å². The monoisotopic (exact) mass is 314 g/mol. The van der Waals surface area contributed by atoms with E-state index in [1.807, 2.05) is 25.1 Å². The first-order valence-corrected chi connectivity index (χ1v) is 8.42. The second-order valence-electron chi connectivity index (χ2n) is 6.89. The molecule has 1 aromatic heterocycles. The number of urea groups is 1. The van der Waals surface area contributed by atoms with Crippen LogP contribution in [-0.2, 0) is 4.79 Å². The number of nitrogens with zero attached hydrogens (tertiary/aromatic N) is 4. The molecule has 0 aliphatic carbocycles. The highest BCUT2D eigenvalue weighted by Crippen LogP contribution is 2.39. The number of anilines is 1. The summed E-state index contributed by atoms with van der Waals surface area (Å²) in [4.78, 5) is 35.4. The van der Waals surface area contributed by atoms with Crippen LogP contribution < -0.4 is 4.90 Å². The van der Waals surface area contributed by atoms with E-state index in [-0.39, 0.29) is 18.0 Å². The normalized spacial score (nSPS) is 28.7. The molecular weight excluding hydrogens is 292 g/mol. The summed E-state index contributed by atoms with van der Waals surface area (Å²) in [6.45, 7) is 4.29. The fraction of sp³-hybridized carbons (Fsp3) is 0.588. The quantitative estimate of drug-likeness (QED) is 0.782. The Morgan fingerprint density at radius 1 is 1.17 bits per heavy atom. The number of aromatic nitrogens is 1. The lowest BCUT2D eigenvalue weighted by atomic mass is 9.97. The molecule has 0 radical (unpaired) electrons. The fourth-order valence-electron chi connectivity index (χ4n) is 4.18. The Bertz CT molecular complexity index is 627. The molecule has 0 saturated carbocycles. The van der Waals surface area contributed by atoms with E-state index < -0.39 is 5.54 Å². The topological polar surface area (TPSA) is 56.8 Å². The highest BCUT2D eigenvalue weighted by Gasteiger charge is 2.58. The van der Waals surface area contributed by atoms with Gasteiger partial charge in [0.05, 0.1) is 0 Å². The predicted molar refractivity (Wildman–Crippen MR) is 86.1 cm³/mol. The largest absolute Gasteiger partial charge is 0.356 e. The van der Waals surface area contributed by atoms with Gasteiger partial charge in [-0.15, -0.1) is 0 Å². The van der Waals surface area contributed by atoms with E-state index in [1.54, 1.807) is 16.0 Å². The highest BCUT2D eigenvalue weighted by molar-refractivity contribution is 6.07. The van der Waals surface area contributed by atoms with Crippen LogP contribution in [0.25, 0.3) is 0 Å². The van der Waals surface area contributed by atoms with Crippen molar-refractivity contribution in [2.75, 3.05) is 24.5 Å². The molecule has 0 bridgehead atoms. The van der Waals surface area contributed by atoms with Crippen LogP contribution in [0.2, 0.25) is 0 Å². The lowest BCUT2D eigenvalue weighted by molar-refractivity contribution is -0.133. The number of pyridine rings is 1. The summed E-state index contributed by atoms with van der Waals surface area (Å²) >= 11 is 0. The molecule has 6 nitrogen and oxygen atoms in total. The summed E-state index contributed by atoms with van der Waals surface area (Å²) in [5.41, 5.74) is -0.588. The van der Waals surface area contributed by atoms with Gasteiger partial charge in [0.1, 0.15) is 11.4 Å². The molecule has 0 aromatic carbocycles. The lowest BCUT2D eigenvalue weighted by Crippen LogP contribution is -2.49. The van der Waals surface area contributed by atoms with Crippen LogP contribution in [0.4, 0.5) is 10.6 Å². The lowest BCUT2D eigenvalue weighted by Gasteiger charge is -2.36. The van der Waals surface area contributed by atoms with Gasteiger partial charge in [0.15, 0.2) is 0 Å². The molecule has 3 aliphatic rings. The molecular formula is C17H22N4O2. The van der Waals surface area contributed by atoms with Crippen LogP contribution in [0.5, 0.6) is 0 Å². The third kappa shape index (κ3) is 2.11. The van der Waals surface area contributed by atoms with Crippen molar-refractivity contribution >= 4 is 17.8 Å². The van der Waals surface area contributed by atoms with E-state index in [4.69, 9.17) is 0 Å². The van der Waals surface area contributed by atoms with Gasteiger partial charge in [-0.3, -0.25) is 9.69 Å². The third-order valence-corrected chi connectivity index (χ3v) is 5.56. The molecule has 3 saturated heterocycles. The zero-order valence-electron chi connectivity index (χ0n) is 13.4. The molecule has 0 spiro atoms. The van der Waals surface area contributed by atoms with Gasteiger partial charge in [0.25, 0.3) is 5.91 Å². The van der Waals surface area contributed by atoms with E-state index in [0.717, 1.165) is 44.6 Å². The predicted octanol–water partition coefficient (Wildman–Crippen LogP) is 1.87. The molecule has 6 heteroatoms. The number of carbonyl (C=O) groups is 2. The van der Waals surface area contributed by atoms with Gasteiger partial charge in [-0.1, -0.05) is 6.07 Å². The van der Waals surface area contributed by atoms with Gasteiger partial charge in [0.2, 0.25) is 0 Å². The van der Waals surface area contributed by atoms with Gasteiger partial charge >= 0.3 is 6.03 Å². The number of amides is 3. The number of piperidine rings is 1. The first kappa shape index (κ1) is 14.5. The Balaban J connectivity index is 1.47. The summed E-state index contributed by atoms with van der Waals surface area (Å²) in [6.07, 6.45) is 5.15. The molecule has 0 unspecified atom stereocenters. The van der Waals surface area contributed by atoms with Crippen molar-refractivity contribution in [3.8, 4) is 0 Å². The van der Waals surface area contributed by atoms with Crippen LogP contribution in [0.15, 0.2) is 24.4 Å². The highest BCUT2D eigenvalue weighted by atomic mass is 16.2. The number of hydrogen-bond donors (Lipinski definition) is 0. The van der Waals surface area contributed by atoms with E-state index in [0.29, 0.717) is 6.54 Å². The average Bonchev–Trinajstić information content (AvgIpc) is 3.06. The standard InChI is InChI=1S/C17H22N4O2/c1-17-8-4-10-20(17)16(23)21(15(17)22)13-6-11-19(12-7-13)14-5-2-3-9-18-14/h2-3,5,9,13H,4,6-8,10-12H2,1H3/t17-/m0/s1. The number of fused-ring (bicyclic) bond motifs is 1. The van der Waals surface area contributed by atoms with Gasteiger partial charge in [-0.2, -0.15) is 0 Å². The van der Waals surface area contributed by atoms with Crippen LogP contribution in [0.1, 0.15) is 32.6 Å². The minimum Gasteiger partial charge on any atom is -0.356 e. The van der Waals surface area contributed by atoms with Crippen molar-refractivity contribution < 1.29 is 9.59 Å². The molecule has 3 amide bonds. The Morgan fingerprint density at radius 3 is 2.61 bits per heavy atom. The zero-order chi connectivity index (χ0) is 16.0. The fourth-order valence-corrected chi connectivity index (χ4v) is 4.18. The van der Waals surface area contributed by atoms with Crippen LogP contribution >= 0.6 is 0 Å². The van der Waals surface area contributed by atoms with Crippen LogP contribution in [0.3, 0.4) is 0 Å². The summed E-state index contributed by atoms with van der Waals surface area (Å²) < 4.78 is 0. The molecule has 122 valence electrons. The van der Waals surface area contributed by atoms with Gasteiger partial charge in [-0.25, -0.2) is 9.78 Å². The first-order chi connectivity index (χ1) is 11.1. The number of carbonyl (C=O) groups excluding carboxylic acids is 2. The zero-order valence-corrected chi connectivity index (χ0v) is 13.4. The molecule has 3 fully saturated rings. The number of rotatable bonds is 2. The summed E-state index contributed by atoms with van der Waals surface area (Å²) in [5.74, 6) is 0.980. The molecule has 3 aliphatic heterocycles. The summed E-state index contributed by atoms with van der Waals surface area (Å²) in [7, 11) is 0. The van der Waals surface area contributed by atoms with Crippen molar-refractivity contribution in [1.29, 1.82) is 0 Å². The maximum atomic E-state index is 12.8. The SMILES string of the molecule is C[C@@]12CCCN1C(=O)N(C1CCN(c3ccccn3)CC1)C2=O. The number of hydrogen-bond acceptors (Lipinski definition) is 4. The Kier molecular flexibility index (Phi) is 3.28. The van der Waals surface area contributed by atoms with Crippen molar-refractivity contribution in [3.63, 3.8) is 0 Å². The minimum absolute atomic E-state index is 0.0105.